The van der Waals surface area contributed by atoms with Gasteiger partial charge >= 0.3 is 0 Å². The molecular weight excluding hydrogens is 990 g/mol. The van der Waals surface area contributed by atoms with E-state index in [2.05, 4.69) is 41.8 Å². The Bertz CT molecular complexity index is 2130. The second-order valence-corrected chi connectivity index (χ2v) is 20.2. The summed E-state index contributed by atoms with van der Waals surface area (Å²) in [5.74, 6) is 1.08. The van der Waals surface area contributed by atoms with Crippen molar-refractivity contribution < 1.29 is 35.8 Å². The van der Waals surface area contributed by atoms with E-state index in [4.69, 9.17) is 77.0 Å². The molecule has 1 aliphatic carbocycles. The number of ether oxygens (including phenoxy) is 4. The van der Waals surface area contributed by atoms with E-state index in [0.29, 0.717) is 41.4 Å². The normalized spacial score (nSPS) is 12.8. The standard InChI is InChI=1S/C18H19BrCl3NO4S.C18H18BrCl2NO4S/c1-2-3-6-26-15-11-23-17(10-16(15)28(24,25)7-4-5-20)27-18-13(21)8-12(19)9-14(18)22;1-2-3-6-25-15-10-22-17(9-16(15)27(23,24)12-4-5-12)26-18-13(20)7-11(19)8-14(18)21/h8-11H,2-7H2,1H3;7-10,12H,2-6H2,1H3. The highest BCUT2D eigenvalue weighted by atomic mass is 79.9. The Kier molecular flexibility index (Phi) is 17.8. The molecule has 2 aromatic carbocycles. The summed E-state index contributed by atoms with van der Waals surface area (Å²) >= 11 is 36.9. The summed E-state index contributed by atoms with van der Waals surface area (Å²) in [7, 11) is -7.13. The van der Waals surface area contributed by atoms with Gasteiger partial charge in [-0.15, -0.1) is 11.6 Å². The summed E-state index contributed by atoms with van der Waals surface area (Å²) in [6.07, 6.45) is 7.82. The van der Waals surface area contributed by atoms with Crippen molar-refractivity contribution in [2.24, 2.45) is 0 Å². The second-order valence-electron chi connectivity index (χ2n) is 12.0. The molecule has 0 radical (unpaired) electrons. The zero-order valence-electron chi connectivity index (χ0n) is 29.6. The molecule has 2 heterocycles. The van der Waals surface area contributed by atoms with Gasteiger partial charge < -0.3 is 18.9 Å². The van der Waals surface area contributed by atoms with E-state index in [1.807, 2.05) is 13.8 Å². The van der Waals surface area contributed by atoms with Crippen molar-refractivity contribution in [2.45, 2.75) is 73.8 Å². The Morgan fingerprint density at radius 1 is 0.673 bits per heavy atom. The lowest BCUT2D eigenvalue weighted by Gasteiger charge is -2.14. The van der Waals surface area contributed by atoms with E-state index in [0.717, 1.165) is 25.7 Å². The molecule has 19 heteroatoms. The predicted octanol–water partition coefficient (Wildman–Crippen LogP) is 12.6. The number of sulfone groups is 2. The molecule has 0 saturated heterocycles. The number of benzene rings is 2. The molecule has 0 N–H and O–H groups in total. The van der Waals surface area contributed by atoms with Crippen LogP contribution in [0.1, 0.15) is 58.8 Å². The van der Waals surface area contributed by atoms with Crippen molar-refractivity contribution in [1.82, 2.24) is 9.97 Å². The molecule has 0 atom stereocenters. The minimum atomic E-state index is -3.63. The highest BCUT2D eigenvalue weighted by molar-refractivity contribution is 9.10. The molecule has 4 aromatic rings. The molecule has 1 fully saturated rings. The van der Waals surface area contributed by atoms with E-state index in [-0.39, 0.29) is 81.5 Å². The van der Waals surface area contributed by atoms with Crippen molar-refractivity contribution in [3.63, 3.8) is 0 Å². The lowest BCUT2D eigenvalue weighted by atomic mass is 10.3. The molecule has 300 valence electrons. The first-order valence-electron chi connectivity index (χ1n) is 17.0. The first-order chi connectivity index (χ1) is 26.1. The fourth-order valence-electron chi connectivity index (χ4n) is 4.63. The van der Waals surface area contributed by atoms with Gasteiger partial charge in [0, 0.05) is 27.0 Å². The largest absolute Gasteiger partial charge is 0.491 e. The third-order valence-corrected chi connectivity index (χ3v) is 14.0. The van der Waals surface area contributed by atoms with Gasteiger partial charge in [-0.25, -0.2) is 26.8 Å². The van der Waals surface area contributed by atoms with Crippen LogP contribution >= 0.6 is 89.9 Å². The zero-order valence-corrected chi connectivity index (χ0v) is 38.2. The van der Waals surface area contributed by atoms with Gasteiger partial charge in [0.1, 0.15) is 9.79 Å². The SMILES string of the molecule is CCCCOc1cnc(Oc2c(Cl)cc(Br)cc2Cl)cc1S(=O)(=O)C1CC1.CCCCOc1cnc(Oc2c(Cl)cc(Br)cc2Cl)cc1S(=O)(=O)CCCCl. The molecule has 0 unspecified atom stereocenters. The van der Waals surface area contributed by atoms with Gasteiger partial charge in [-0.05, 0) is 56.4 Å². The van der Waals surface area contributed by atoms with Gasteiger partial charge in [0.25, 0.3) is 0 Å². The summed E-state index contributed by atoms with van der Waals surface area (Å²) in [6, 6.07) is 9.19. The van der Waals surface area contributed by atoms with Gasteiger partial charge in [0.2, 0.25) is 11.8 Å². The third kappa shape index (κ3) is 13.1. The molecule has 5 rings (SSSR count). The average molecular weight is 1030 g/mol. The van der Waals surface area contributed by atoms with Gasteiger partial charge in [-0.2, -0.15) is 0 Å². The zero-order chi connectivity index (χ0) is 40.3. The van der Waals surface area contributed by atoms with Gasteiger partial charge in [-0.1, -0.05) is 105 Å². The van der Waals surface area contributed by atoms with Crippen molar-refractivity contribution in [1.29, 1.82) is 0 Å². The van der Waals surface area contributed by atoms with E-state index in [9.17, 15) is 16.8 Å². The van der Waals surface area contributed by atoms with Crippen LogP contribution in [0.25, 0.3) is 0 Å². The van der Waals surface area contributed by atoms with Crippen LogP contribution in [0, 0.1) is 0 Å². The number of nitrogens with zero attached hydrogens (tertiary/aromatic N) is 2. The number of alkyl halides is 1. The van der Waals surface area contributed by atoms with Crippen molar-refractivity contribution in [3.8, 4) is 34.8 Å². The fourth-order valence-corrected chi connectivity index (χ4v) is 10.7. The van der Waals surface area contributed by atoms with Gasteiger partial charge in [-0.3, -0.25) is 0 Å². The summed E-state index contributed by atoms with van der Waals surface area (Å²) in [5.41, 5.74) is 0. The second kappa shape index (κ2) is 21.3. The maximum Gasteiger partial charge on any atom is 0.220 e. The first kappa shape index (κ1) is 45.9. The Hall–Kier alpha value is -1.75. The lowest BCUT2D eigenvalue weighted by molar-refractivity contribution is 0.299. The molecule has 0 amide bonds. The maximum absolute atomic E-state index is 12.8. The Labute approximate surface area is 363 Å². The number of unbranched alkanes of at least 4 members (excludes halogenated alkanes) is 2. The number of hydrogen-bond donors (Lipinski definition) is 0. The van der Waals surface area contributed by atoms with Gasteiger partial charge in [0.05, 0.1) is 56.7 Å². The van der Waals surface area contributed by atoms with Crippen molar-refractivity contribution >= 4 is 110 Å². The monoisotopic (exact) mass is 1020 g/mol. The molecule has 0 spiro atoms. The number of halogens is 7. The number of rotatable bonds is 18. The summed E-state index contributed by atoms with van der Waals surface area (Å²) in [6.45, 7) is 4.87. The van der Waals surface area contributed by atoms with E-state index in [1.165, 1.54) is 24.5 Å². The minimum Gasteiger partial charge on any atom is -0.491 e. The number of aromatic nitrogens is 2. The third-order valence-electron chi connectivity index (χ3n) is 7.61. The van der Waals surface area contributed by atoms with E-state index < -0.39 is 19.7 Å². The van der Waals surface area contributed by atoms with Crippen molar-refractivity contribution in [3.05, 3.63) is 77.8 Å². The van der Waals surface area contributed by atoms with Crippen LogP contribution < -0.4 is 18.9 Å². The van der Waals surface area contributed by atoms with Crippen LogP contribution in [0.2, 0.25) is 20.1 Å². The summed E-state index contributed by atoms with van der Waals surface area (Å²) in [5, 5.41) is 0.713. The lowest BCUT2D eigenvalue weighted by Crippen LogP contribution is -2.11. The number of pyridine rings is 2. The number of hydrogen-bond acceptors (Lipinski definition) is 10. The molecule has 0 aliphatic heterocycles. The quantitative estimate of drug-likeness (QED) is 0.0701. The summed E-state index contributed by atoms with van der Waals surface area (Å²) in [4.78, 5) is 8.41. The first-order valence-corrected chi connectivity index (χ1v) is 23.9. The average Bonchev–Trinajstić information content (AvgIpc) is 3.99. The fraction of sp³-hybridized carbons (Fsp3) is 0.389. The molecule has 55 heavy (non-hydrogen) atoms. The van der Waals surface area contributed by atoms with Crippen LogP contribution in [0.5, 0.6) is 34.8 Å². The smallest absolute Gasteiger partial charge is 0.220 e. The maximum atomic E-state index is 12.8. The Balaban J connectivity index is 0.000000245. The molecule has 10 nitrogen and oxygen atoms in total. The minimum absolute atomic E-state index is 0.00285. The van der Waals surface area contributed by atoms with Gasteiger partial charge in [0.15, 0.2) is 42.7 Å². The van der Waals surface area contributed by atoms with Crippen LogP contribution in [0.15, 0.2) is 67.5 Å². The Morgan fingerprint density at radius 2 is 1.09 bits per heavy atom. The molecule has 1 aliphatic rings. The van der Waals surface area contributed by atoms with Crippen LogP contribution in [-0.4, -0.2) is 56.9 Å². The van der Waals surface area contributed by atoms with Crippen molar-refractivity contribution in [2.75, 3.05) is 24.8 Å². The topological polar surface area (TPSA) is 131 Å². The highest BCUT2D eigenvalue weighted by Crippen LogP contribution is 2.42. The van der Waals surface area contributed by atoms with E-state index >= 15 is 0 Å². The molecule has 0 bridgehead atoms. The molecular formula is C36H37Br2Cl5N2O8S2. The molecule has 2 aromatic heterocycles. The van der Waals surface area contributed by atoms with Crippen LogP contribution in [0.4, 0.5) is 0 Å². The van der Waals surface area contributed by atoms with Crippen LogP contribution in [0.3, 0.4) is 0 Å². The Morgan fingerprint density at radius 3 is 1.49 bits per heavy atom. The van der Waals surface area contributed by atoms with E-state index in [1.54, 1.807) is 24.3 Å². The van der Waals surface area contributed by atoms with Crippen LogP contribution in [-0.2, 0) is 19.7 Å². The highest BCUT2D eigenvalue weighted by Gasteiger charge is 2.39. The summed E-state index contributed by atoms with van der Waals surface area (Å²) < 4.78 is 75.2. The molecule has 1 saturated carbocycles. The predicted molar refractivity (Wildman–Crippen MR) is 225 cm³/mol.